The molecule has 4 aliphatic rings. The highest BCUT2D eigenvalue weighted by atomic mass is 35.5. The molecule has 2 aromatic rings. The highest BCUT2D eigenvalue weighted by Gasteiger charge is 2.63. The molecular formula is C23H20ClNO3. The van der Waals surface area contributed by atoms with Crippen LogP contribution in [0.15, 0.2) is 48.5 Å². The minimum Gasteiger partial charge on any atom is -0.279 e. The van der Waals surface area contributed by atoms with Crippen molar-refractivity contribution >= 4 is 28.7 Å². The van der Waals surface area contributed by atoms with E-state index in [-0.39, 0.29) is 29.6 Å². The summed E-state index contributed by atoms with van der Waals surface area (Å²) in [4.78, 5) is 40.3. The van der Waals surface area contributed by atoms with Gasteiger partial charge in [-0.3, -0.25) is 19.3 Å². The first kappa shape index (κ1) is 17.6. The van der Waals surface area contributed by atoms with E-state index in [2.05, 4.69) is 24.3 Å². The molecule has 0 N–H and O–H groups in total. The second kappa shape index (κ2) is 6.02. The van der Waals surface area contributed by atoms with E-state index in [4.69, 9.17) is 11.6 Å². The minimum absolute atomic E-state index is 0.165. The van der Waals surface area contributed by atoms with Crippen LogP contribution in [0.5, 0.6) is 0 Å². The third-order valence-corrected chi connectivity index (χ3v) is 6.85. The molecule has 3 atom stereocenters. The van der Waals surface area contributed by atoms with Gasteiger partial charge in [0.15, 0.2) is 0 Å². The second-order valence-corrected chi connectivity index (χ2v) is 8.68. The molecule has 142 valence electrons. The molecule has 0 saturated carbocycles. The van der Waals surface area contributed by atoms with Gasteiger partial charge in [0, 0.05) is 11.8 Å². The molecule has 28 heavy (non-hydrogen) atoms. The van der Waals surface area contributed by atoms with Crippen molar-refractivity contribution in [1.82, 2.24) is 4.90 Å². The Hall–Kier alpha value is -2.46. The Morgan fingerprint density at radius 3 is 1.46 bits per heavy atom. The van der Waals surface area contributed by atoms with Gasteiger partial charge in [-0.05, 0) is 39.8 Å². The molecule has 6 rings (SSSR count). The summed E-state index contributed by atoms with van der Waals surface area (Å²) in [6.45, 7) is 3.62. The summed E-state index contributed by atoms with van der Waals surface area (Å²) in [5.41, 5.74) is 4.48. The number of likely N-dealkylation sites (tertiary alicyclic amines) is 1. The number of hydrogen-bond acceptors (Lipinski definition) is 3. The van der Waals surface area contributed by atoms with Crippen molar-refractivity contribution in [1.29, 1.82) is 0 Å². The quantitative estimate of drug-likeness (QED) is 0.590. The smallest absolute Gasteiger partial charge is 0.244 e. The van der Waals surface area contributed by atoms with Crippen molar-refractivity contribution in [3.8, 4) is 0 Å². The van der Waals surface area contributed by atoms with E-state index in [0.29, 0.717) is 0 Å². The first-order chi connectivity index (χ1) is 13.4. The maximum Gasteiger partial charge on any atom is 0.244 e. The molecule has 0 radical (unpaired) electrons. The summed E-state index contributed by atoms with van der Waals surface area (Å²) < 4.78 is 0. The summed E-state index contributed by atoms with van der Waals surface area (Å²) >= 11 is 5.83. The van der Waals surface area contributed by atoms with E-state index in [9.17, 15) is 14.4 Å². The lowest BCUT2D eigenvalue weighted by atomic mass is 9.55. The number of carbonyl (C=O) groups excluding carboxylic acids is 3. The monoisotopic (exact) mass is 393 g/mol. The molecule has 0 aromatic heterocycles. The van der Waals surface area contributed by atoms with Crippen LogP contribution in [0.2, 0.25) is 0 Å². The van der Waals surface area contributed by atoms with Crippen LogP contribution >= 0.6 is 11.6 Å². The lowest BCUT2D eigenvalue weighted by Crippen LogP contribution is -2.47. The van der Waals surface area contributed by atoms with Gasteiger partial charge in [0.1, 0.15) is 6.04 Å². The van der Waals surface area contributed by atoms with Crippen LogP contribution in [0.3, 0.4) is 0 Å². The zero-order valence-corrected chi connectivity index (χ0v) is 16.4. The van der Waals surface area contributed by atoms with Crippen LogP contribution in [-0.4, -0.2) is 28.0 Å². The lowest BCUT2D eigenvalue weighted by molar-refractivity contribution is -0.147. The van der Waals surface area contributed by atoms with Crippen LogP contribution in [0.4, 0.5) is 0 Å². The molecule has 1 heterocycles. The molecule has 2 bridgehead atoms. The van der Waals surface area contributed by atoms with Crippen LogP contribution in [0.1, 0.15) is 47.9 Å². The number of amides is 2. The van der Waals surface area contributed by atoms with Gasteiger partial charge < -0.3 is 0 Å². The van der Waals surface area contributed by atoms with E-state index in [1.807, 2.05) is 38.1 Å². The predicted octanol–water partition coefficient (Wildman–Crippen LogP) is 3.67. The molecule has 5 heteroatoms. The fourth-order valence-electron chi connectivity index (χ4n) is 5.64. The average molecular weight is 394 g/mol. The Balaban J connectivity index is 1.72. The van der Waals surface area contributed by atoms with Crippen molar-refractivity contribution in [2.75, 3.05) is 0 Å². The SMILES string of the molecule is CC(C)[C@@H](C(=O)Cl)N1C(=O)C2C3c4ccccc4C(c4ccccc43)C2C1=O. The summed E-state index contributed by atoms with van der Waals surface area (Å²) in [5.74, 6) is -2.04. The van der Waals surface area contributed by atoms with E-state index >= 15 is 0 Å². The van der Waals surface area contributed by atoms with Gasteiger partial charge in [0.2, 0.25) is 17.1 Å². The van der Waals surface area contributed by atoms with Gasteiger partial charge in [-0.15, -0.1) is 0 Å². The van der Waals surface area contributed by atoms with E-state index < -0.39 is 23.1 Å². The predicted molar refractivity (Wildman–Crippen MR) is 105 cm³/mol. The third kappa shape index (κ3) is 2.10. The van der Waals surface area contributed by atoms with Gasteiger partial charge >= 0.3 is 0 Å². The second-order valence-electron chi connectivity index (χ2n) is 8.30. The summed E-state index contributed by atoms with van der Waals surface area (Å²) in [6, 6.07) is 15.3. The van der Waals surface area contributed by atoms with Crippen LogP contribution in [0.25, 0.3) is 0 Å². The van der Waals surface area contributed by atoms with E-state index in [0.717, 1.165) is 22.3 Å². The average Bonchev–Trinajstić information content (AvgIpc) is 2.93. The lowest BCUT2D eigenvalue weighted by Gasteiger charge is -2.45. The molecule has 2 aromatic carbocycles. The Morgan fingerprint density at radius 2 is 1.18 bits per heavy atom. The molecular weight excluding hydrogens is 374 g/mol. The summed E-state index contributed by atoms with van der Waals surface area (Å²) in [5, 5.41) is -0.655. The maximum atomic E-state index is 13.5. The van der Waals surface area contributed by atoms with Crippen LogP contribution in [-0.2, 0) is 14.4 Å². The molecule has 3 aliphatic carbocycles. The number of rotatable bonds is 3. The van der Waals surface area contributed by atoms with Crippen LogP contribution < -0.4 is 0 Å². The van der Waals surface area contributed by atoms with Gasteiger partial charge in [-0.2, -0.15) is 0 Å². The largest absolute Gasteiger partial charge is 0.279 e. The topological polar surface area (TPSA) is 54.5 Å². The zero-order chi connectivity index (χ0) is 19.7. The number of benzene rings is 2. The number of imide groups is 1. The number of hydrogen-bond donors (Lipinski definition) is 0. The highest BCUT2D eigenvalue weighted by molar-refractivity contribution is 6.65. The number of halogens is 1. The molecule has 1 aliphatic heterocycles. The molecule has 1 saturated heterocycles. The maximum absolute atomic E-state index is 13.5. The normalized spacial score (nSPS) is 28.2. The van der Waals surface area contributed by atoms with Crippen molar-refractivity contribution in [2.45, 2.75) is 31.7 Å². The third-order valence-electron chi connectivity index (χ3n) is 6.62. The Labute approximate surface area is 168 Å². The van der Waals surface area contributed by atoms with Gasteiger partial charge in [-0.1, -0.05) is 62.4 Å². The minimum atomic E-state index is -0.919. The Kier molecular flexibility index (Phi) is 3.79. The van der Waals surface area contributed by atoms with E-state index in [1.165, 1.54) is 4.90 Å². The fourth-order valence-corrected chi connectivity index (χ4v) is 5.99. The van der Waals surface area contributed by atoms with Crippen LogP contribution in [0, 0.1) is 17.8 Å². The molecule has 1 fully saturated rings. The summed E-state index contributed by atoms with van der Waals surface area (Å²) in [6.07, 6.45) is 0. The van der Waals surface area contributed by atoms with E-state index in [1.54, 1.807) is 0 Å². The molecule has 0 spiro atoms. The zero-order valence-electron chi connectivity index (χ0n) is 15.6. The standard InChI is InChI=1S/C23H20ClNO3/c1-11(2)20(21(24)26)25-22(27)18-16-12-7-3-4-8-13(12)17(19(18)23(25)28)15-10-6-5-9-14(15)16/h3-11,16-20H,1-2H3/t16?,17?,18?,19?,20-/m0/s1. The summed E-state index contributed by atoms with van der Waals surface area (Å²) in [7, 11) is 0. The number of carbonyl (C=O) groups is 3. The Bertz CT molecular complexity index is 915. The Morgan fingerprint density at radius 1 is 0.821 bits per heavy atom. The molecule has 4 nitrogen and oxygen atoms in total. The van der Waals surface area contributed by atoms with Gasteiger partial charge in [-0.25, -0.2) is 0 Å². The van der Waals surface area contributed by atoms with Gasteiger partial charge in [0.25, 0.3) is 0 Å². The molecule has 2 amide bonds. The number of nitrogens with zero attached hydrogens (tertiary/aromatic N) is 1. The first-order valence-corrected chi connectivity index (χ1v) is 10.0. The van der Waals surface area contributed by atoms with Gasteiger partial charge in [0.05, 0.1) is 11.8 Å². The fraction of sp³-hybridized carbons (Fsp3) is 0.348. The highest BCUT2D eigenvalue weighted by Crippen LogP contribution is 2.61. The first-order valence-electron chi connectivity index (χ1n) is 9.67. The van der Waals surface area contributed by atoms with Crippen molar-refractivity contribution < 1.29 is 14.4 Å². The van der Waals surface area contributed by atoms with Crippen molar-refractivity contribution in [3.05, 3.63) is 70.8 Å². The molecule has 2 unspecified atom stereocenters. The van der Waals surface area contributed by atoms with Crippen molar-refractivity contribution in [3.63, 3.8) is 0 Å². The van der Waals surface area contributed by atoms with Crippen molar-refractivity contribution in [2.24, 2.45) is 17.8 Å².